The van der Waals surface area contributed by atoms with Crippen molar-refractivity contribution < 1.29 is 15.0 Å². The van der Waals surface area contributed by atoms with E-state index in [2.05, 4.69) is 13.8 Å². The Kier molecular flexibility index (Phi) is 4.91. The zero-order valence-corrected chi connectivity index (χ0v) is 16.8. The molecule has 0 radical (unpaired) electrons. The van der Waals surface area contributed by atoms with Gasteiger partial charge < -0.3 is 10.2 Å². The first-order valence-electron chi connectivity index (χ1n) is 11.2. The van der Waals surface area contributed by atoms with E-state index in [1.807, 2.05) is 0 Å². The first-order chi connectivity index (χ1) is 12.3. The van der Waals surface area contributed by atoms with E-state index in [9.17, 15) is 9.90 Å². The van der Waals surface area contributed by atoms with Gasteiger partial charge in [-0.25, -0.2) is 0 Å². The Morgan fingerprint density at radius 1 is 0.962 bits per heavy atom. The molecule has 4 aliphatic rings. The fraction of sp³-hybridized carbons (Fsp3) is 0.957. The summed E-state index contributed by atoms with van der Waals surface area (Å²) >= 11 is 0. The van der Waals surface area contributed by atoms with Crippen molar-refractivity contribution in [2.45, 2.75) is 97.0 Å². The molecule has 148 valence electrons. The fourth-order valence-electron chi connectivity index (χ4n) is 8.32. The van der Waals surface area contributed by atoms with Crippen molar-refractivity contribution in [3.05, 3.63) is 0 Å². The van der Waals surface area contributed by atoms with Crippen LogP contribution >= 0.6 is 0 Å². The molecule has 3 heteroatoms. The van der Waals surface area contributed by atoms with Crippen molar-refractivity contribution in [1.82, 2.24) is 0 Å². The van der Waals surface area contributed by atoms with Crippen LogP contribution in [0.4, 0.5) is 0 Å². The van der Waals surface area contributed by atoms with Gasteiger partial charge in [0, 0.05) is 6.42 Å². The van der Waals surface area contributed by atoms with Gasteiger partial charge in [-0.3, -0.25) is 4.79 Å². The second-order valence-corrected chi connectivity index (χ2v) is 10.7. The summed E-state index contributed by atoms with van der Waals surface area (Å²) in [4.78, 5) is 10.9. The molecule has 0 aromatic rings. The van der Waals surface area contributed by atoms with Crippen LogP contribution in [0.1, 0.15) is 90.9 Å². The lowest BCUT2D eigenvalue weighted by molar-refractivity contribution is -0.137. The molecule has 4 unspecified atom stereocenters. The Hall–Kier alpha value is -0.570. The highest BCUT2D eigenvalue weighted by Crippen LogP contribution is 2.67. The van der Waals surface area contributed by atoms with Gasteiger partial charge in [-0.2, -0.15) is 0 Å². The molecule has 4 fully saturated rings. The van der Waals surface area contributed by atoms with Gasteiger partial charge in [0.15, 0.2) is 0 Å². The molecule has 26 heavy (non-hydrogen) atoms. The number of aliphatic hydroxyl groups is 1. The highest BCUT2D eigenvalue weighted by Gasteiger charge is 2.59. The molecule has 0 amide bonds. The predicted octanol–water partition coefficient (Wildman–Crippen LogP) is 5.26. The van der Waals surface area contributed by atoms with Gasteiger partial charge in [-0.15, -0.1) is 0 Å². The van der Waals surface area contributed by atoms with Crippen LogP contribution in [0.3, 0.4) is 0 Å². The maximum absolute atomic E-state index is 10.9. The molecular weight excluding hydrogens is 324 g/mol. The molecule has 0 bridgehead atoms. The summed E-state index contributed by atoms with van der Waals surface area (Å²) in [6, 6.07) is 0. The van der Waals surface area contributed by atoms with Gasteiger partial charge in [0.2, 0.25) is 0 Å². The van der Waals surface area contributed by atoms with Crippen LogP contribution in [0.15, 0.2) is 0 Å². The lowest BCUT2D eigenvalue weighted by Gasteiger charge is -2.61. The van der Waals surface area contributed by atoms with Gasteiger partial charge in [-0.1, -0.05) is 13.8 Å². The number of hydrogen-bond acceptors (Lipinski definition) is 2. The highest BCUT2D eigenvalue weighted by atomic mass is 16.4. The summed E-state index contributed by atoms with van der Waals surface area (Å²) in [5.41, 5.74) is 0.919. The average molecular weight is 363 g/mol. The first kappa shape index (κ1) is 18.8. The Morgan fingerprint density at radius 2 is 1.69 bits per heavy atom. The van der Waals surface area contributed by atoms with Crippen molar-refractivity contribution in [2.24, 2.45) is 40.4 Å². The molecule has 4 aliphatic carbocycles. The van der Waals surface area contributed by atoms with Crippen LogP contribution < -0.4 is 0 Å². The molecule has 0 spiro atoms. The summed E-state index contributed by atoms with van der Waals surface area (Å²) in [5, 5.41) is 19.1. The predicted molar refractivity (Wildman–Crippen MR) is 103 cm³/mol. The summed E-state index contributed by atoms with van der Waals surface area (Å²) < 4.78 is 0. The Labute approximate surface area is 158 Å². The van der Waals surface area contributed by atoms with Crippen LogP contribution in [-0.2, 0) is 4.79 Å². The van der Waals surface area contributed by atoms with E-state index < -0.39 is 5.97 Å². The molecular formula is C23H38O3. The molecule has 0 heterocycles. The van der Waals surface area contributed by atoms with E-state index in [1.54, 1.807) is 0 Å². The van der Waals surface area contributed by atoms with E-state index in [4.69, 9.17) is 5.11 Å². The standard InChI is InChI=1S/C23H38O3/c1-22-13-11-20-18(8-6-16-14-17(24)10-12-23(16,20)2)19(22)9-7-15(22)4-3-5-21(25)26/h15-20,24H,3-14H2,1-2H3,(H,25,26)/t15-,16+,17+,18?,19?,20?,22?,23-/m0/s1. The molecule has 0 aliphatic heterocycles. The van der Waals surface area contributed by atoms with E-state index in [-0.39, 0.29) is 6.10 Å². The fourth-order valence-corrected chi connectivity index (χ4v) is 8.32. The number of aliphatic carboxylic acids is 1. The lowest BCUT2D eigenvalue weighted by atomic mass is 9.44. The monoisotopic (exact) mass is 362 g/mol. The highest BCUT2D eigenvalue weighted by molar-refractivity contribution is 5.66. The number of rotatable bonds is 4. The second-order valence-electron chi connectivity index (χ2n) is 10.7. The topological polar surface area (TPSA) is 57.5 Å². The van der Waals surface area contributed by atoms with Crippen LogP contribution in [0.5, 0.6) is 0 Å². The minimum Gasteiger partial charge on any atom is -0.481 e. The molecule has 0 aromatic carbocycles. The maximum atomic E-state index is 10.9. The average Bonchev–Trinajstić information content (AvgIpc) is 2.92. The van der Waals surface area contributed by atoms with Crippen molar-refractivity contribution >= 4 is 5.97 Å². The number of carboxylic acids is 1. The molecule has 0 aromatic heterocycles. The van der Waals surface area contributed by atoms with Crippen LogP contribution in [0.2, 0.25) is 0 Å². The summed E-state index contributed by atoms with van der Waals surface area (Å²) in [5.74, 6) is 3.45. The third-order valence-electron chi connectivity index (χ3n) is 9.78. The smallest absolute Gasteiger partial charge is 0.303 e. The summed E-state index contributed by atoms with van der Waals surface area (Å²) in [7, 11) is 0. The van der Waals surface area contributed by atoms with Crippen LogP contribution in [0, 0.1) is 40.4 Å². The zero-order chi connectivity index (χ0) is 18.5. The maximum Gasteiger partial charge on any atom is 0.303 e. The van der Waals surface area contributed by atoms with Gasteiger partial charge in [-0.05, 0) is 111 Å². The molecule has 4 rings (SSSR count). The third-order valence-corrected chi connectivity index (χ3v) is 9.78. The lowest BCUT2D eigenvalue weighted by Crippen LogP contribution is -2.53. The minimum absolute atomic E-state index is 0.0522. The van der Waals surface area contributed by atoms with Crippen molar-refractivity contribution in [3.8, 4) is 0 Å². The molecule has 0 saturated heterocycles. The molecule has 4 saturated carbocycles. The van der Waals surface area contributed by atoms with E-state index in [1.165, 1.54) is 44.9 Å². The Bertz CT molecular complexity index is 546. The molecule has 2 N–H and O–H groups in total. The van der Waals surface area contributed by atoms with E-state index >= 15 is 0 Å². The normalized spacial score (nSPS) is 50.6. The van der Waals surface area contributed by atoms with E-state index in [0.29, 0.717) is 17.3 Å². The molecule has 8 atom stereocenters. The van der Waals surface area contributed by atoms with Gasteiger partial charge in [0.25, 0.3) is 0 Å². The van der Waals surface area contributed by atoms with Crippen molar-refractivity contribution in [3.63, 3.8) is 0 Å². The van der Waals surface area contributed by atoms with Gasteiger partial charge in [0.05, 0.1) is 6.10 Å². The van der Waals surface area contributed by atoms with Crippen LogP contribution in [-0.4, -0.2) is 22.3 Å². The number of carboxylic acid groups (broad SMARTS) is 1. The zero-order valence-electron chi connectivity index (χ0n) is 16.8. The third kappa shape index (κ3) is 2.93. The number of fused-ring (bicyclic) bond motifs is 5. The van der Waals surface area contributed by atoms with Gasteiger partial charge >= 0.3 is 5.97 Å². The first-order valence-corrected chi connectivity index (χ1v) is 11.2. The van der Waals surface area contributed by atoms with Gasteiger partial charge in [0.1, 0.15) is 0 Å². The largest absolute Gasteiger partial charge is 0.481 e. The number of aliphatic hydroxyl groups excluding tert-OH is 1. The quantitative estimate of drug-likeness (QED) is 0.717. The van der Waals surface area contributed by atoms with Crippen molar-refractivity contribution in [1.29, 1.82) is 0 Å². The second kappa shape index (κ2) is 6.79. The SMILES string of the molecule is CC12CCC3C(CC[C@@H]4C[C@H](O)CC[C@]34C)C1CC[C@@H]2CCCC(=O)O. The minimum atomic E-state index is -0.640. The van der Waals surface area contributed by atoms with E-state index in [0.717, 1.165) is 55.3 Å². The van der Waals surface area contributed by atoms with Crippen molar-refractivity contribution in [2.75, 3.05) is 0 Å². The Balaban J connectivity index is 1.48. The number of carbonyl (C=O) groups is 1. The summed E-state index contributed by atoms with van der Waals surface area (Å²) in [6.45, 7) is 5.10. The number of hydrogen-bond donors (Lipinski definition) is 2. The molecule has 3 nitrogen and oxygen atoms in total. The summed E-state index contributed by atoms with van der Waals surface area (Å²) in [6.07, 6.45) is 13.6. The Morgan fingerprint density at radius 3 is 2.46 bits per heavy atom. The van der Waals surface area contributed by atoms with Crippen LogP contribution in [0.25, 0.3) is 0 Å².